The molecule has 4 nitrogen and oxygen atoms in total. The molecular weight excluding hydrogens is 250 g/mol. The van der Waals surface area contributed by atoms with Crippen LogP contribution in [-0.4, -0.2) is 30.0 Å². The Hall–Kier alpha value is -1.20. The molecule has 0 fully saturated rings. The molecule has 5 heteroatoms. The topological polar surface area (TPSA) is 72.5 Å². The SMILES string of the molecule is COc1ccc(C(C)(C)SC[C@H](N)C(=O)O)cc1. The molecule has 0 heterocycles. The van der Waals surface area contributed by atoms with Crippen molar-refractivity contribution in [3.05, 3.63) is 29.8 Å². The monoisotopic (exact) mass is 269 g/mol. The minimum Gasteiger partial charge on any atom is -0.497 e. The second kappa shape index (κ2) is 6.11. The van der Waals surface area contributed by atoms with Crippen LogP contribution < -0.4 is 10.5 Å². The Morgan fingerprint density at radius 1 is 1.44 bits per heavy atom. The predicted molar refractivity (Wildman–Crippen MR) is 74.1 cm³/mol. The number of carboxylic acid groups (broad SMARTS) is 1. The van der Waals surface area contributed by atoms with Gasteiger partial charge in [-0.3, -0.25) is 4.79 Å². The van der Waals surface area contributed by atoms with Gasteiger partial charge < -0.3 is 15.6 Å². The average molecular weight is 269 g/mol. The molecule has 0 saturated carbocycles. The molecule has 1 atom stereocenters. The van der Waals surface area contributed by atoms with Crippen LogP contribution in [-0.2, 0) is 9.54 Å². The lowest BCUT2D eigenvalue weighted by Gasteiger charge is -2.25. The first-order valence-corrected chi connectivity index (χ1v) is 6.62. The number of rotatable bonds is 6. The first-order chi connectivity index (χ1) is 8.36. The highest BCUT2D eigenvalue weighted by Crippen LogP contribution is 2.36. The lowest BCUT2D eigenvalue weighted by atomic mass is 10.0. The van der Waals surface area contributed by atoms with Crippen molar-refractivity contribution in [1.82, 2.24) is 0 Å². The third-order valence-electron chi connectivity index (χ3n) is 2.73. The molecule has 0 spiro atoms. The molecule has 0 aliphatic carbocycles. The Bertz CT molecular complexity index is 403. The summed E-state index contributed by atoms with van der Waals surface area (Å²) in [5.74, 6) is 0.226. The van der Waals surface area contributed by atoms with E-state index in [1.807, 2.05) is 38.1 Å². The summed E-state index contributed by atoms with van der Waals surface area (Å²) in [7, 11) is 1.63. The maximum atomic E-state index is 10.7. The number of hydrogen-bond donors (Lipinski definition) is 2. The number of methoxy groups -OCH3 is 1. The van der Waals surface area contributed by atoms with Gasteiger partial charge in [0.05, 0.1) is 7.11 Å². The van der Waals surface area contributed by atoms with Gasteiger partial charge in [-0.1, -0.05) is 12.1 Å². The summed E-state index contributed by atoms with van der Waals surface area (Å²) < 4.78 is 4.93. The molecule has 0 aliphatic heterocycles. The molecule has 1 aromatic rings. The molecular formula is C13H19NO3S. The van der Waals surface area contributed by atoms with Crippen molar-refractivity contribution in [3.8, 4) is 5.75 Å². The van der Waals surface area contributed by atoms with Crippen molar-refractivity contribution in [2.24, 2.45) is 5.73 Å². The van der Waals surface area contributed by atoms with Crippen molar-refractivity contribution in [2.75, 3.05) is 12.9 Å². The van der Waals surface area contributed by atoms with Crippen LogP contribution in [0.2, 0.25) is 0 Å². The van der Waals surface area contributed by atoms with Gasteiger partial charge in [0.25, 0.3) is 0 Å². The molecule has 0 aliphatic rings. The van der Waals surface area contributed by atoms with Gasteiger partial charge in [-0.25, -0.2) is 0 Å². The minimum atomic E-state index is -0.965. The van der Waals surface area contributed by atoms with Crippen molar-refractivity contribution in [2.45, 2.75) is 24.6 Å². The Balaban J connectivity index is 2.69. The van der Waals surface area contributed by atoms with Gasteiger partial charge in [0, 0.05) is 10.5 Å². The van der Waals surface area contributed by atoms with Crippen molar-refractivity contribution in [1.29, 1.82) is 0 Å². The van der Waals surface area contributed by atoms with E-state index in [2.05, 4.69) is 0 Å². The van der Waals surface area contributed by atoms with Crippen LogP contribution in [0.25, 0.3) is 0 Å². The highest BCUT2D eigenvalue weighted by atomic mass is 32.2. The highest BCUT2D eigenvalue weighted by Gasteiger charge is 2.24. The fraction of sp³-hybridized carbons (Fsp3) is 0.462. The summed E-state index contributed by atoms with van der Waals surface area (Å²) in [5, 5.41) is 8.76. The molecule has 100 valence electrons. The van der Waals surface area contributed by atoms with E-state index in [0.717, 1.165) is 11.3 Å². The molecule has 1 aromatic carbocycles. The third-order valence-corrected chi connectivity index (χ3v) is 4.21. The standard InChI is InChI=1S/C13H19NO3S/c1-13(2,18-8-11(14)12(15)16)9-4-6-10(17-3)7-5-9/h4-7,11H,8,14H2,1-3H3,(H,15,16)/t11-/m0/s1. The van der Waals surface area contributed by atoms with Gasteiger partial charge >= 0.3 is 5.97 Å². The predicted octanol–water partition coefficient (Wildman–Crippen LogP) is 2.08. The fourth-order valence-corrected chi connectivity index (χ4v) is 2.49. The van der Waals surface area contributed by atoms with E-state index in [9.17, 15) is 4.79 Å². The summed E-state index contributed by atoms with van der Waals surface area (Å²) in [4.78, 5) is 10.7. The largest absolute Gasteiger partial charge is 0.497 e. The van der Waals surface area contributed by atoms with Crippen LogP contribution in [0.4, 0.5) is 0 Å². The van der Waals surface area contributed by atoms with E-state index >= 15 is 0 Å². The quantitative estimate of drug-likeness (QED) is 0.827. The van der Waals surface area contributed by atoms with Crippen molar-refractivity contribution in [3.63, 3.8) is 0 Å². The van der Waals surface area contributed by atoms with Crippen LogP contribution in [0, 0.1) is 0 Å². The second-order valence-corrected chi connectivity index (χ2v) is 6.14. The van der Waals surface area contributed by atoms with Gasteiger partial charge in [-0.2, -0.15) is 0 Å². The maximum absolute atomic E-state index is 10.7. The number of thioether (sulfide) groups is 1. The zero-order valence-electron chi connectivity index (χ0n) is 10.8. The van der Waals surface area contributed by atoms with Crippen LogP contribution >= 0.6 is 11.8 Å². The van der Waals surface area contributed by atoms with E-state index in [0.29, 0.717) is 5.75 Å². The Labute approximate surface area is 112 Å². The number of hydrogen-bond acceptors (Lipinski definition) is 4. The third kappa shape index (κ3) is 3.92. The Kier molecular flexibility index (Phi) is 5.04. The average Bonchev–Trinajstić information content (AvgIpc) is 2.36. The summed E-state index contributed by atoms with van der Waals surface area (Å²) in [5.41, 5.74) is 6.62. The normalized spacial score (nSPS) is 13.1. The fourth-order valence-electron chi connectivity index (χ4n) is 1.45. The summed E-state index contributed by atoms with van der Waals surface area (Å²) >= 11 is 1.54. The molecule has 0 bridgehead atoms. The molecule has 0 radical (unpaired) electrons. The second-order valence-electron chi connectivity index (χ2n) is 4.49. The van der Waals surface area contributed by atoms with E-state index < -0.39 is 12.0 Å². The maximum Gasteiger partial charge on any atom is 0.321 e. The molecule has 0 unspecified atom stereocenters. The molecule has 18 heavy (non-hydrogen) atoms. The van der Waals surface area contributed by atoms with Gasteiger partial charge in [0.15, 0.2) is 0 Å². The zero-order chi connectivity index (χ0) is 13.8. The van der Waals surface area contributed by atoms with Crippen LogP contribution in [0.15, 0.2) is 24.3 Å². The number of aliphatic carboxylic acids is 1. The molecule has 1 rings (SSSR count). The molecule has 0 saturated heterocycles. The summed E-state index contributed by atoms with van der Waals surface area (Å²) in [6, 6.07) is 6.94. The number of carbonyl (C=O) groups is 1. The van der Waals surface area contributed by atoms with Crippen molar-refractivity contribution >= 4 is 17.7 Å². The van der Waals surface area contributed by atoms with Gasteiger partial charge in [-0.15, -0.1) is 11.8 Å². The van der Waals surface area contributed by atoms with E-state index in [1.165, 1.54) is 11.8 Å². The smallest absolute Gasteiger partial charge is 0.321 e. The van der Waals surface area contributed by atoms with Crippen LogP contribution in [0.1, 0.15) is 19.4 Å². The van der Waals surface area contributed by atoms with Gasteiger partial charge in [0.2, 0.25) is 0 Å². The lowest BCUT2D eigenvalue weighted by molar-refractivity contribution is -0.137. The first-order valence-electron chi connectivity index (χ1n) is 5.63. The number of ether oxygens (including phenoxy) is 1. The molecule has 0 aromatic heterocycles. The Morgan fingerprint density at radius 3 is 2.44 bits per heavy atom. The highest BCUT2D eigenvalue weighted by molar-refractivity contribution is 8.00. The van der Waals surface area contributed by atoms with E-state index in [1.54, 1.807) is 7.11 Å². The van der Waals surface area contributed by atoms with Crippen LogP contribution in [0.3, 0.4) is 0 Å². The van der Waals surface area contributed by atoms with E-state index in [4.69, 9.17) is 15.6 Å². The summed E-state index contributed by atoms with van der Waals surface area (Å²) in [6.07, 6.45) is 0. The van der Waals surface area contributed by atoms with Crippen LogP contribution in [0.5, 0.6) is 5.75 Å². The number of benzene rings is 1. The molecule has 3 N–H and O–H groups in total. The van der Waals surface area contributed by atoms with Crippen molar-refractivity contribution < 1.29 is 14.6 Å². The number of nitrogens with two attached hydrogens (primary N) is 1. The molecule has 0 amide bonds. The van der Waals surface area contributed by atoms with E-state index in [-0.39, 0.29) is 4.75 Å². The first kappa shape index (κ1) is 14.9. The number of carboxylic acids is 1. The summed E-state index contributed by atoms with van der Waals surface area (Å²) in [6.45, 7) is 4.10. The van der Waals surface area contributed by atoms with Gasteiger partial charge in [-0.05, 0) is 31.5 Å². The van der Waals surface area contributed by atoms with Gasteiger partial charge in [0.1, 0.15) is 11.8 Å². The lowest BCUT2D eigenvalue weighted by Crippen LogP contribution is -2.34. The minimum absolute atomic E-state index is 0.181. The Morgan fingerprint density at radius 2 is 2.00 bits per heavy atom. The zero-order valence-corrected chi connectivity index (χ0v) is 11.7.